The topological polar surface area (TPSA) is 75.2 Å². The monoisotopic (exact) mass is 420 g/mol. The third-order valence-corrected chi connectivity index (χ3v) is 6.08. The van der Waals surface area contributed by atoms with Crippen LogP contribution in [0.3, 0.4) is 0 Å². The molecule has 0 bridgehead atoms. The van der Waals surface area contributed by atoms with Gasteiger partial charge in [-0.1, -0.05) is 12.1 Å². The highest BCUT2D eigenvalue weighted by atomic mass is 32.1. The van der Waals surface area contributed by atoms with Crippen LogP contribution in [-0.4, -0.2) is 39.8 Å². The molecular weight excluding hydrogens is 396 g/mol. The Kier molecular flexibility index (Phi) is 6.49. The maximum Gasteiger partial charge on any atom is 0.253 e. The first-order chi connectivity index (χ1) is 14.7. The molecule has 1 aromatic carbocycles. The van der Waals surface area contributed by atoms with E-state index < -0.39 is 0 Å². The molecule has 1 fully saturated rings. The number of carbonyl (C=O) groups is 2. The van der Waals surface area contributed by atoms with E-state index in [1.165, 1.54) is 17.8 Å². The van der Waals surface area contributed by atoms with Gasteiger partial charge in [0, 0.05) is 48.5 Å². The zero-order chi connectivity index (χ0) is 20.8. The Hall–Kier alpha value is -3.06. The molecule has 0 radical (unpaired) electrons. The number of pyridine rings is 1. The van der Waals surface area contributed by atoms with Crippen LogP contribution in [0, 0.1) is 0 Å². The normalized spacial score (nSPS) is 13.8. The van der Waals surface area contributed by atoms with Crippen molar-refractivity contribution < 1.29 is 9.59 Å². The average molecular weight is 421 g/mol. The molecule has 1 N–H and O–H groups in total. The van der Waals surface area contributed by atoms with Gasteiger partial charge in [0.2, 0.25) is 5.91 Å². The SMILES string of the molecule is O=C(Cc1csc(-c2cccnc2)n1)NCc1ccc(C(=O)N2CCCCC2)cc1. The van der Waals surface area contributed by atoms with E-state index in [1.54, 1.807) is 12.4 Å². The highest BCUT2D eigenvalue weighted by Crippen LogP contribution is 2.22. The van der Waals surface area contributed by atoms with Gasteiger partial charge in [-0.25, -0.2) is 4.98 Å². The summed E-state index contributed by atoms with van der Waals surface area (Å²) in [6, 6.07) is 11.3. The molecule has 154 valence electrons. The molecule has 7 heteroatoms. The summed E-state index contributed by atoms with van der Waals surface area (Å²) in [6.45, 7) is 2.11. The Labute approximate surface area is 180 Å². The number of nitrogens with one attached hydrogen (secondary N) is 1. The molecule has 0 aliphatic carbocycles. The van der Waals surface area contributed by atoms with Gasteiger partial charge < -0.3 is 10.2 Å². The molecule has 0 unspecified atom stereocenters. The van der Waals surface area contributed by atoms with E-state index in [0.717, 1.165) is 47.8 Å². The van der Waals surface area contributed by atoms with Gasteiger partial charge in [-0.2, -0.15) is 0 Å². The van der Waals surface area contributed by atoms with Crippen LogP contribution in [0.5, 0.6) is 0 Å². The van der Waals surface area contributed by atoms with Crippen LogP contribution in [0.4, 0.5) is 0 Å². The Bertz CT molecular complexity index is 996. The van der Waals surface area contributed by atoms with Crippen molar-refractivity contribution in [1.82, 2.24) is 20.2 Å². The molecule has 0 saturated carbocycles. The largest absolute Gasteiger partial charge is 0.352 e. The van der Waals surface area contributed by atoms with E-state index in [0.29, 0.717) is 12.1 Å². The lowest BCUT2D eigenvalue weighted by Gasteiger charge is -2.26. The van der Waals surface area contributed by atoms with E-state index >= 15 is 0 Å². The number of benzene rings is 1. The molecule has 1 saturated heterocycles. The fourth-order valence-electron chi connectivity index (χ4n) is 3.48. The molecule has 0 spiro atoms. The zero-order valence-corrected chi connectivity index (χ0v) is 17.5. The lowest BCUT2D eigenvalue weighted by molar-refractivity contribution is -0.120. The van der Waals surface area contributed by atoms with Gasteiger partial charge >= 0.3 is 0 Å². The van der Waals surface area contributed by atoms with Crippen molar-refractivity contribution in [2.75, 3.05) is 13.1 Å². The van der Waals surface area contributed by atoms with Gasteiger partial charge in [-0.05, 0) is 49.1 Å². The third-order valence-electron chi connectivity index (χ3n) is 5.14. The van der Waals surface area contributed by atoms with Crippen LogP contribution >= 0.6 is 11.3 Å². The fourth-order valence-corrected chi connectivity index (χ4v) is 4.29. The predicted molar refractivity (Wildman–Crippen MR) is 117 cm³/mol. The van der Waals surface area contributed by atoms with Gasteiger partial charge in [-0.15, -0.1) is 11.3 Å². The minimum absolute atomic E-state index is 0.0773. The highest BCUT2D eigenvalue weighted by molar-refractivity contribution is 7.13. The Morgan fingerprint density at radius 2 is 1.87 bits per heavy atom. The van der Waals surface area contributed by atoms with Crippen LogP contribution in [0.25, 0.3) is 10.6 Å². The van der Waals surface area contributed by atoms with Crippen molar-refractivity contribution in [2.24, 2.45) is 0 Å². The zero-order valence-electron chi connectivity index (χ0n) is 16.7. The predicted octanol–water partition coefficient (Wildman–Crippen LogP) is 3.69. The van der Waals surface area contributed by atoms with Crippen molar-refractivity contribution in [3.05, 3.63) is 71.0 Å². The van der Waals surface area contributed by atoms with Gasteiger partial charge in [0.15, 0.2) is 0 Å². The van der Waals surface area contributed by atoms with E-state index in [4.69, 9.17) is 0 Å². The second-order valence-electron chi connectivity index (χ2n) is 7.39. The van der Waals surface area contributed by atoms with Crippen molar-refractivity contribution in [2.45, 2.75) is 32.2 Å². The summed E-state index contributed by atoms with van der Waals surface area (Å²) in [5.41, 5.74) is 3.37. The first-order valence-corrected chi connectivity index (χ1v) is 11.1. The van der Waals surface area contributed by atoms with Gasteiger partial charge in [0.1, 0.15) is 5.01 Å². The Morgan fingerprint density at radius 1 is 1.07 bits per heavy atom. The first kappa shape index (κ1) is 20.2. The molecule has 2 aromatic heterocycles. The third kappa shape index (κ3) is 5.10. The van der Waals surface area contributed by atoms with Gasteiger partial charge in [-0.3, -0.25) is 14.6 Å². The Morgan fingerprint density at radius 3 is 2.60 bits per heavy atom. The van der Waals surface area contributed by atoms with Crippen LogP contribution in [0.15, 0.2) is 54.2 Å². The summed E-state index contributed by atoms with van der Waals surface area (Å²) >= 11 is 1.51. The molecule has 30 heavy (non-hydrogen) atoms. The number of nitrogens with zero attached hydrogens (tertiary/aromatic N) is 3. The highest BCUT2D eigenvalue weighted by Gasteiger charge is 2.18. The number of thiazole rings is 1. The smallest absolute Gasteiger partial charge is 0.253 e. The summed E-state index contributed by atoms with van der Waals surface area (Å²) in [5.74, 6) is 0.0183. The lowest BCUT2D eigenvalue weighted by Crippen LogP contribution is -2.35. The summed E-state index contributed by atoms with van der Waals surface area (Å²) < 4.78 is 0. The van der Waals surface area contributed by atoms with Crippen molar-refractivity contribution >= 4 is 23.2 Å². The molecule has 3 heterocycles. The number of hydrogen-bond donors (Lipinski definition) is 1. The van der Waals surface area contributed by atoms with Crippen LogP contribution in [0.2, 0.25) is 0 Å². The fraction of sp³-hybridized carbons (Fsp3) is 0.304. The van der Waals surface area contributed by atoms with Crippen LogP contribution < -0.4 is 5.32 Å². The average Bonchev–Trinajstić information content (AvgIpc) is 3.27. The molecule has 1 aliphatic heterocycles. The molecular formula is C23H24N4O2S. The van der Waals surface area contributed by atoms with E-state index in [-0.39, 0.29) is 18.2 Å². The van der Waals surface area contributed by atoms with Crippen molar-refractivity contribution in [3.63, 3.8) is 0 Å². The van der Waals surface area contributed by atoms with E-state index in [1.807, 2.05) is 46.7 Å². The maximum absolute atomic E-state index is 12.5. The minimum Gasteiger partial charge on any atom is -0.352 e. The first-order valence-electron chi connectivity index (χ1n) is 10.2. The standard InChI is InChI=1S/C23H24N4O2S/c28-21(13-20-16-30-22(26-20)19-5-4-10-24-15-19)25-14-17-6-8-18(9-7-17)23(29)27-11-2-1-3-12-27/h4-10,15-16H,1-3,11-14H2,(H,25,28). The number of carbonyl (C=O) groups excluding carboxylic acids is 2. The second kappa shape index (κ2) is 9.63. The van der Waals surface area contributed by atoms with E-state index in [9.17, 15) is 9.59 Å². The second-order valence-corrected chi connectivity index (χ2v) is 8.25. The maximum atomic E-state index is 12.5. The number of likely N-dealkylation sites (tertiary alicyclic amines) is 1. The van der Waals surface area contributed by atoms with Crippen molar-refractivity contribution in [1.29, 1.82) is 0 Å². The molecule has 2 amide bonds. The number of aromatic nitrogens is 2. The number of piperidine rings is 1. The number of amides is 2. The van der Waals surface area contributed by atoms with Crippen molar-refractivity contribution in [3.8, 4) is 10.6 Å². The van der Waals surface area contributed by atoms with Crippen LogP contribution in [-0.2, 0) is 17.8 Å². The van der Waals surface area contributed by atoms with Gasteiger partial charge in [0.25, 0.3) is 5.91 Å². The lowest BCUT2D eigenvalue weighted by atomic mass is 10.1. The van der Waals surface area contributed by atoms with Crippen LogP contribution in [0.1, 0.15) is 40.9 Å². The van der Waals surface area contributed by atoms with Gasteiger partial charge in [0.05, 0.1) is 12.1 Å². The van der Waals surface area contributed by atoms with E-state index in [2.05, 4.69) is 15.3 Å². The number of rotatable bonds is 6. The summed E-state index contributed by atoms with van der Waals surface area (Å²) in [4.78, 5) is 35.4. The quantitative estimate of drug-likeness (QED) is 0.660. The summed E-state index contributed by atoms with van der Waals surface area (Å²) in [7, 11) is 0. The number of hydrogen-bond acceptors (Lipinski definition) is 5. The summed E-state index contributed by atoms with van der Waals surface area (Å²) in [5, 5.41) is 5.69. The Balaban J connectivity index is 1.28. The molecule has 4 rings (SSSR count). The molecule has 3 aromatic rings. The molecule has 6 nitrogen and oxygen atoms in total. The minimum atomic E-state index is -0.0773. The molecule has 1 aliphatic rings. The summed E-state index contributed by atoms with van der Waals surface area (Å²) in [6.07, 6.45) is 7.09. The molecule has 0 atom stereocenters.